The van der Waals surface area contributed by atoms with Gasteiger partial charge in [-0.15, -0.1) is 11.3 Å². The van der Waals surface area contributed by atoms with Crippen molar-refractivity contribution in [1.82, 2.24) is 14.5 Å². The van der Waals surface area contributed by atoms with E-state index in [0.29, 0.717) is 34.0 Å². The number of aryl methyl sites for hydroxylation is 1. The number of fused-ring (bicyclic) bond motifs is 1. The van der Waals surface area contributed by atoms with E-state index in [9.17, 15) is 9.18 Å². The van der Waals surface area contributed by atoms with Crippen LogP contribution in [0.4, 0.5) is 15.2 Å². The fourth-order valence-corrected chi connectivity index (χ4v) is 4.11. The SMILES string of the molecule is CCn1cc(-c2csc(N)n2)c(=O)c2cc(F)c(N3CCN(C)CC3)cc21. The smallest absolute Gasteiger partial charge is 0.198 e. The van der Waals surface area contributed by atoms with Gasteiger partial charge in [-0.3, -0.25) is 4.79 Å². The maximum atomic E-state index is 14.9. The van der Waals surface area contributed by atoms with Crippen molar-refractivity contribution in [3.63, 3.8) is 0 Å². The first-order chi connectivity index (χ1) is 13.0. The van der Waals surface area contributed by atoms with Crippen LogP contribution in [0.2, 0.25) is 0 Å². The number of likely N-dealkylation sites (N-methyl/N-ethyl adjacent to an activating group) is 1. The quantitative estimate of drug-likeness (QED) is 0.748. The number of nitrogens with two attached hydrogens (primary N) is 1. The Morgan fingerprint density at radius 2 is 2.00 bits per heavy atom. The van der Waals surface area contributed by atoms with Crippen LogP contribution < -0.4 is 16.1 Å². The second kappa shape index (κ2) is 6.94. The summed E-state index contributed by atoms with van der Waals surface area (Å²) in [5.74, 6) is -0.359. The van der Waals surface area contributed by atoms with Crippen LogP contribution in [-0.4, -0.2) is 47.7 Å². The lowest BCUT2D eigenvalue weighted by atomic mass is 10.1. The molecule has 27 heavy (non-hydrogen) atoms. The van der Waals surface area contributed by atoms with E-state index in [1.165, 1.54) is 17.4 Å². The number of hydrogen-bond acceptors (Lipinski definition) is 6. The molecule has 1 aliphatic heterocycles. The highest BCUT2D eigenvalue weighted by atomic mass is 32.1. The number of nitrogens with zero attached hydrogens (tertiary/aromatic N) is 4. The Morgan fingerprint density at radius 1 is 1.26 bits per heavy atom. The molecule has 3 heterocycles. The lowest BCUT2D eigenvalue weighted by molar-refractivity contribution is 0.312. The summed E-state index contributed by atoms with van der Waals surface area (Å²) in [5.41, 5.74) is 7.78. The van der Waals surface area contributed by atoms with Gasteiger partial charge in [0.1, 0.15) is 5.82 Å². The van der Waals surface area contributed by atoms with Crippen molar-refractivity contribution in [2.24, 2.45) is 0 Å². The number of piperazine rings is 1. The van der Waals surface area contributed by atoms with Crippen molar-refractivity contribution in [3.8, 4) is 11.3 Å². The fraction of sp³-hybridized carbons (Fsp3) is 0.368. The lowest BCUT2D eigenvalue weighted by Crippen LogP contribution is -2.44. The molecule has 0 bridgehead atoms. The average molecular weight is 387 g/mol. The van der Waals surface area contributed by atoms with Gasteiger partial charge in [0.25, 0.3) is 0 Å². The highest BCUT2D eigenvalue weighted by Crippen LogP contribution is 2.28. The largest absolute Gasteiger partial charge is 0.375 e. The number of pyridine rings is 1. The third-order valence-corrected chi connectivity index (χ3v) is 5.81. The first kappa shape index (κ1) is 17.9. The Bertz CT molecular complexity index is 1050. The van der Waals surface area contributed by atoms with Crippen LogP contribution in [0.1, 0.15) is 6.92 Å². The molecular formula is C19H22FN5OS. The molecule has 0 atom stereocenters. The van der Waals surface area contributed by atoms with Gasteiger partial charge in [0.2, 0.25) is 0 Å². The predicted octanol–water partition coefficient (Wildman–Crippen LogP) is 2.62. The molecule has 8 heteroatoms. The molecule has 2 aromatic heterocycles. The van der Waals surface area contributed by atoms with E-state index in [0.717, 1.165) is 31.7 Å². The molecule has 3 aromatic rings. The van der Waals surface area contributed by atoms with Crippen LogP contribution in [0, 0.1) is 5.82 Å². The van der Waals surface area contributed by atoms with E-state index in [2.05, 4.69) is 16.9 Å². The molecule has 0 radical (unpaired) electrons. The van der Waals surface area contributed by atoms with E-state index in [-0.39, 0.29) is 11.2 Å². The topological polar surface area (TPSA) is 67.4 Å². The van der Waals surface area contributed by atoms with E-state index >= 15 is 0 Å². The summed E-state index contributed by atoms with van der Waals surface area (Å²) in [6.07, 6.45) is 1.80. The Balaban J connectivity index is 1.88. The zero-order valence-electron chi connectivity index (χ0n) is 15.4. The van der Waals surface area contributed by atoms with Gasteiger partial charge in [-0.2, -0.15) is 0 Å². The summed E-state index contributed by atoms with van der Waals surface area (Å²) < 4.78 is 16.9. The standard InChI is InChI=1S/C19H22FN5OS/c1-3-24-10-13(15-11-27-19(21)22-15)18(26)12-8-14(20)17(9-16(12)24)25-6-4-23(2)5-7-25/h8-11H,3-7H2,1-2H3,(H2,21,22). The van der Waals surface area contributed by atoms with Crippen LogP contribution in [0.25, 0.3) is 22.2 Å². The predicted molar refractivity (Wildman–Crippen MR) is 109 cm³/mol. The van der Waals surface area contributed by atoms with Gasteiger partial charge in [-0.1, -0.05) is 0 Å². The third kappa shape index (κ3) is 3.19. The number of hydrogen-bond donors (Lipinski definition) is 1. The van der Waals surface area contributed by atoms with Gasteiger partial charge >= 0.3 is 0 Å². The molecule has 1 aliphatic rings. The number of aromatic nitrogens is 2. The molecule has 6 nitrogen and oxygen atoms in total. The van der Waals surface area contributed by atoms with E-state index in [1.807, 2.05) is 16.4 Å². The number of rotatable bonds is 3. The molecule has 2 N–H and O–H groups in total. The number of thiazole rings is 1. The fourth-order valence-electron chi connectivity index (χ4n) is 3.54. The second-order valence-corrected chi connectivity index (χ2v) is 7.73. The summed E-state index contributed by atoms with van der Waals surface area (Å²) in [6, 6.07) is 3.18. The van der Waals surface area contributed by atoms with Gasteiger partial charge in [0.05, 0.1) is 22.5 Å². The minimum absolute atomic E-state index is 0.219. The summed E-state index contributed by atoms with van der Waals surface area (Å²) in [4.78, 5) is 21.5. The van der Waals surface area contributed by atoms with Gasteiger partial charge in [-0.25, -0.2) is 9.37 Å². The summed E-state index contributed by atoms with van der Waals surface area (Å²) >= 11 is 1.29. The molecule has 1 aromatic carbocycles. The Kier molecular flexibility index (Phi) is 4.61. The number of benzene rings is 1. The number of halogens is 1. The molecule has 0 saturated carbocycles. The van der Waals surface area contributed by atoms with Crippen LogP contribution in [0.15, 0.2) is 28.5 Å². The molecule has 0 unspecified atom stereocenters. The first-order valence-corrected chi connectivity index (χ1v) is 9.87. The Labute approximate surface area is 160 Å². The minimum Gasteiger partial charge on any atom is -0.375 e. The molecule has 0 spiro atoms. The van der Waals surface area contributed by atoms with Crippen molar-refractivity contribution in [3.05, 3.63) is 39.8 Å². The van der Waals surface area contributed by atoms with Gasteiger partial charge in [0.15, 0.2) is 10.6 Å². The summed E-state index contributed by atoms with van der Waals surface area (Å²) in [7, 11) is 2.07. The van der Waals surface area contributed by atoms with E-state index < -0.39 is 0 Å². The minimum atomic E-state index is -0.359. The zero-order valence-corrected chi connectivity index (χ0v) is 16.2. The molecular weight excluding hydrogens is 365 g/mol. The molecule has 4 rings (SSSR count). The third-order valence-electron chi connectivity index (χ3n) is 5.13. The Morgan fingerprint density at radius 3 is 2.63 bits per heavy atom. The average Bonchev–Trinajstić information content (AvgIpc) is 3.09. The molecule has 142 valence electrons. The van der Waals surface area contributed by atoms with Crippen LogP contribution >= 0.6 is 11.3 Å². The maximum absolute atomic E-state index is 14.9. The molecule has 1 fully saturated rings. The monoisotopic (exact) mass is 387 g/mol. The number of anilines is 2. The molecule has 1 saturated heterocycles. The number of nitrogen functional groups attached to an aromatic ring is 1. The van der Waals surface area contributed by atoms with E-state index in [4.69, 9.17) is 5.73 Å². The maximum Gasteiger partial charge on any atom is 0.198 e. The van der Waals surface area contributed by atoms with Crippen LogP contribution in [-0.2, 0) is 6.54 Å². The second-order valence-electron chi connectivity index (χ2n) is 6.84. The molecule has 0 aliphatic carbocycles. The van der Waals surface area contributed by atoms with Gasteiger partial charge < -0.3 is 20.1 Å². The van der Waals surface area contributed by atoms with Crippen molar-refractivity contribution in [2.45, 2.75) is 13.5 Å². The highest BCUT2D eigenvalue weighted by Gasteiger charge is 2.20. The van der Waals surface area contributed by atoms with Crippen LogP contribution in [0.3, 0.4) is 0 Å². The Hall–Kier alpha value is -2.45. The van der Waals surface area contributed by atoms with Crippen molar-refractivity contribution < 1.29 is 4.39 Å². The normalized spacial score (nSPS) is 15.6. The van der Waals surface area contributed by atoms with Crippen molar-refractivity contribution in [2.75, 3.05) is 43.9 Å². The zero-order chi connectivity index (χ0) is 19.1. The lowest BCUT2D eigenvalue weighted by Gasteiger charge is -2.34. The van der Waals surface area contributed by atoms with Crippen molar-refractivity contribution >= 4 is 33.1 Å². The summed E-state index contributed by atoms with van der Waals surface area (Å²) in [6.45, 7) is 5.99. The van der Waals surface area contributed by atoms with Gasteiger partial charge in [-0.05, 0) is 26.1 Å². The van der Waals surface area contributed by atoms with Crippen molar-refractivity contribution in [1.29, 1.82) is 0 Å². The first-order valence-electron chi connectivity index (χ1n) is 8.99. The molecule has 0 amide bonds. The van der Waals surface area contributed by atoms with E-state index in [1.54, 1.807) is 17.6 Å². The highest BCUT2D eigenvalue weighted by molar-refractivity contribution is 7.13. The van der Waals surface area contributed by atoms with Crippen LogP contribution in [0.5, 0.6) is 0 Å². The van der Waals surface area contributed by atoms with Gasteiger partial charge in [0, 0.05) is 49.7 Å². The summed E-state index contributed by atoms with van der Waals surface area (Å²) in [5, 5.41) is 2.53.